The first-order valence-electron chi connectivity index (χ1n) is 9.76. The van der Waals surface area contributed by atoms with Gasteiger partial charge in [0, 0.05) is 21.7 Å². The molecule has 0 aliphatic rings. The molecule has 4 aromatic rings. The molecule has 0 bridgehead atoms. The number of rotatable bonds is 6. The summed E-state index contributed by atoms with van der Waals surface area (Å²) < 4.78 is 26.4. The van der Waals surface area contributed by atoms with E-state index in [-0.39, 0.29) is 11.7 Å². The second-order valence-electron chi connectivity index (χ2n) is 7.02. The molecule has 0 saturated heterocycles. The van der Waals surface area contributed by atoms with Gasteiger partial charge in [-0.05, 0) is 71.6 Å². The summed E-state index contributed by atoms with van der Waals surface area (Å²) in [5, 5.41) is 7.60. The van der Waals surface area contributed by atoms with E-state index in [2.05, 4.69) is 10.6 Å². The van der Waals surface area contributed by atoms with Gasteiger partial charge >= 0.3 is 0 Å². The molecule has 4 nitrogen and oxygen atoms in total. The summed E-state index contributed by atoms with van der Waals surface area (Å²) in [6, 6.07) is 21.0. The summed E-state index contributed by atoms with van der Waals surface area (Å²) in [5.41, 5.74) is 1.84. The van der Waals surface area contributed by atoms with Crippen LogP contribution in [0.5, 0.6) is 0 Å². The van der Waals surface area contributed by atoms with Crippen LogP contribution < -0.4 is 10.6 Å². The Bertz CT molecular complexity index is 1220. The monoisotopic (exact) mass is 448 g/mol. The molecule has 32 heavy (non-hydrogen) atoms. The lowest BCUT2D eigenvalue weighted by atomic mass is 10.0. The van der Waals surface area contributed by atoms with E-state index in [1.165, 1.54) is 47.7 Å². The van der Waals surface area contributed by atoms with Crippen molar-refractivity contribution in [2.75, 3.05) is 5.32 Å². The maximum atomic E-state index is 13.4. The number of anilines is 1. The van der Waals surface area contributed by atoms with Crippen molar-refractivity contribution in [2.24, 2.45) is 0 Å². The van der Waals surface area contributed by atoms with Crippen LogP contribution in [0.15, 0.2) is 90.3 Å². The third-order valence-corrected chi connectivity index (χ3v) is 5.73. The molecular weight excluding hydrogens is 430 g/mol. The fourth-order valence-electron chi connectivity index (χ4n) is 3.19. The Morgan fingerprint density at radius 1 is 0.750 bits per heavy atom. The first-order chi connectivity index (χ1) is 15.5. The van der Waals surface area contributed by atoms with Crippen molar-refractivity contribution in [3.63, 3.8) is 0 Å². The number of thiophene rings is 1. The molecule has 3 aromatic carbocycles. The van der Waals surface area contributed by atoms with Gasteiger partial charge in [0.1, 0.15) is 11.6 Å². The van der Waals surface area contributed by atoms with Crippen LogP contribution in [0.2, 0.25) is 0 Å². The number of carbonyl (C=O) groups is 2. The molecule has 0 radical (unpaired) electrons. The van der Waals surface area contributed by atoms with Crippen molar-refractivity contribution < 1.29 is 18.4 Å². The van der Waals surface area contributed by atoms with E-state index in [0.29, 0.717) is 16.8 Å². The van der Waals surface area contributed by atoms with Gasteiger partial charge in [0.15, 0.2) is 0 Å². The van der Waals surface area contributed by atoms with Crippen molar-refractivity contribution in [3.05, 3.63) is 124 Å². The van der Waals surface area contributed by atoms with Crippen LogP contribution in [0.3, 0.4) is 0 Å². The van der Waals surface area contributed by atoms with Gasteiger partial charge < -0.3 is 10.6 Å². The molecule has 1 aromatic heterocycles. The number of carbonyl (C=O) groups excluding carboxylic acids is 2. The van der Waals surface area contributed by atoms with Gasteiger partial charge in [-0.1, -0.05) is 24.3 Å². The van der Waals surface area contributed by atoms with Gasteiger partial charge in [-0.15, -0.1) is 11.3 Å². The van der Waals surface area contributed by atoms with Gasteiger partial charge in [0.25, 0.3) is 11.8 Å². The Hall–Kier alpha value is -3.84. The molecule has 0 aliphatic heterocycles. The molecule has 0 spiro atoms. The van der Waals surface area contributed by atoms with Gasteiger partial charge in [0.05, 0.1) is 6.04 Å². The molecule has 0 fully saturated rings. The zero-order chi connectivity index (χ0) is 22.5. The summed E-state index contributed by atoms with van der Waals surface area (Å²) in [6.45, 7) is 0. The number of hydrogen-bond donors (Lipinski definition) is 2. The lowest BCUT2D eigenvalue weighted by Crippen LogP contribution is -2.29. The second-order valence-corrected chi connectivity index (χ2v) is 7.99. The first-order valence-corrected chi connectivity index (χ1v) is 10.6. The first kappa shape index (κ1) is 21.4. The summed E-state index contributed by atoms with van der Waals surface area (Å²) in [7, 11) is 0. The van der Waals surface area contributed by atoms with Gasteiger partial charge in [-0.25, -0.2) is 8.78 Å². The van der Waals surface area contributed by atoms with E-state index in [1.807, 2.05) is 17.5 Å². The Labute approximate surface area is 187 Å². The Balaban J connectivity index is 1.52. The largest absolute Gasteiger partial charge is 0.340 e. The summed E-state index contributed by atoms with van der Waals surface area (Å²) >= 11 is 1.49. The number of halogens is 2. The van der Waals surface area contributed by atoms with Crippen LogP contribution in [0, 0.1) is 11.6 Å². The maximum absolute atomic E-state index is 13.4. The molecular formula is C25H18F2N2O2S. The molecule has 1 heterocycles. The van der Waals surface area contributed by atoms with Crippen molar-refractivity contribution in [1.29, 1.82) is 0 Å². The maximum Gasteiger partial charge on any atom is 0.255 e. The third-order valence-electron chi connectivity index (χ3n) is 4.80. The minimum absolute atomic E-state index is 0.301. The van der Waals surface area contributed by atoms with Crippen LogP contribution in [-0.4, -0.2) is 11.8 Å². The molecule has 2 amide bonds. The number of benzene rings is 3. The van der Waals surface area contributed by atoms with Gasteiger partial charge in [0.2, 0.25) is 0 Å². The number of amides is 2. The molecule has 0 saturated carbocycles. The van der Waals surface area contributed by atoms with E-state index >= 15 is 0 Å². The average Bonchev–Trinajstić information content (AvgIpc) is 3.33. The van der Waals surface area contributed by atoms with Gasteiger partial charge in [-0.3, -0.25) is 9.59 Å². The predicted molar refractivity (Wildman–Crippen MR) is 121 cm³/mol. The van der Waals surface area contributed by atoms with Crippen molar-refractivity contribution >= 4 is 28.8 Å². The van der Waals surface area contributed by atoms with Crippen LogP contribution >= 0.6 is 11.3 Å². The summed E-state index contributed by atoms with van der Waals surface area (Å²) in [4.78, 5) is 26.3. The molecule has 1 atom stereocenters. The van der Waals surface area contributed by atoms with E-state index in [1.54, 1.807) is 36.4 Å². The highest BCUT2D eigenvalue weighted by Gasteiger charge is 2.19. The van der Waals surface area contributed by atoms with E-state index < -0.39 is 17.8 Å². The Morgan fingerprint density at radius 3 is 2.09 bits per heavy atom. The quantitative estimate of drug-likeness (QED) is 0.392. The minimum atomic E-state index is -0.444. The lowest BCUT2D eigenvalue weighted by molar-refractivity contribution is 0.0942. The predicted octanol–water partition coefficient (Wildman–Crippen LogP) is 5.80. The van der Waals surface area contributed by atoms with Crippen molar-refractivity contribution in [2.45, 2.75) is 6.04 Å². The molecule has 7 heteroatoms. The van der Waals surface area contributed by atoms with Crippen LogP contribution in [0.25, 0.3) is 0 Å². The highest BCUT2D eigenvalue weighted by atomic mass is 32.1. The van der Waals surface area contributed by atoms with Crippen molar-refractivity contribution in [1.82, 2.24) is 5.32 Å². The molecule has 0 aliphatic carbocycles. The summed E-state index contributed by atoms with van der Waals surface area (Å²) in [6.07, 6.45) is 0. The number of hydrogen-bond acceptors (Lipinski definition) is 3. The zero-order valence-corrected chi connectivity index (χ0v) is 17.5. The minimum Gasteiger partial charge on any atom is -0.340 e. The Kier molecular flexibility index (Phi) is 6.37. The third kappa shape index (κ3) is 5.07. The summed E-state index contributed by atoms with van der Waals surface area (Å²) in [5.74, 6) is -1.53. The van der Waals surface area contributed by atoms with E-state index in [0.717, 1.165) is 10.4 Å². The fourth-order valence-corrected chi connectivity index (χ4v) is 3.99. The lowest BCUT2D eigenvalue weighted by Gasteiger charge is -2.18. The van der Waals surface area contributed by atoms with Crippen LogP contribution in [-0.2, 0) is 0 Å². The highest BCUT2D eigenvalue weighted by molar-refractivity contribution is 7.10. The van der Waals surface area contributed by atoms with Crippen LogP contribution in [0.1, 0.15) is 37.2 Å². The van der Waals surface area contributed by atoms with E-state index in [4.69, 9.17) is 0 Å². The fraction of sp³-hybridized carbons (Fsp3) is 0.0400. The number of nitrogens with one attached hydrogen (secondary N) is 2. The van der Waals surface area contributed by atoms with Gasteiger partial charge in [-0.2, -0.15) is 0 Å². The topological polar surface area (TPSA) is 58.2 Å². The smallest absolute Gasteiger partial charge is 0.255 e. The zero-order valence-electron chi connectivity index (χ0n) is 16.7. The van der Waals surface area contributed by atoms with Crippen LogP contribution in [0.4, 0.5) is 14.5 Å². The second kappa shape index (κ2) is 9.53. The molecule has 4 rings (SSSR count). The average molecular weight is 448 g/mol. The highest BCUT2D eigenvalue weighted by Crippen LogP contribution is 2.27. The van der Waals surface area contributed by atoms with E-state index in [9.17, 15) is 18.4 Å². The SMILES string of the molecule is O=C(Nc1cccc(C(=O)NC(c2ccc(F)cc2)c2cccs2)c1)c1ccc(F)cc1. The van der Waals surface area contributed by atoms with Crippen molar-refractivity contribution in [3.8, 4) is 0 Å². The molecule has 1 unspecified atom stereocenters. The standard InChI is InChI=1S/C25H18F2N2O2S/c26-19-10-6-16(7-11-19)23(22-5-2-14-32-22)29-25(31)18-3-1-4-21(15-18)28-24(30)17-8-12-20(27)13-9-17/h1-15,23H,(H,28,30)(H,29,31). The Morgan fingerprint density at radius 2 is 1.44 bits per heavy atom. The molecule has 2 N–H and O–H groups in total. The normalized spacial score (nSPS) is 11.6. The molecule has 160 valence electrons.